The highest BCUT2D eigenvalue weighted by Gasteiger charge is 2.21. The van der Waals surface area contributed by atoms with E-state index < -0.39 is 0 Å². The Morgan fingerprint density at radius 3 is 3.20 bits per heavy atom. The van der Waals surface area contributed by atoms with Crippen molar-refractivity contribution >= 4 is 27.3 Å². The van der Waals surface area contributed by atoms with Crippen LogP contribution in [0.2, 0.25) is 0 Å². The molecule has 1 aromatic rings. The Bertz CT molecular complexity index is 309. The molecule has 4 heteroatoms. The average molecular weight is 290 g/mol. The Morgan fingerprint density at radius 2 is 2.60 bits per heavy atom. The fraction of sp³-hybridized carbons (Fsp3) is 0.636. The first-order valence-corrected chi connectivity index (χ1v) is 7.01. The predicted octanol–water partition coefficient (Wildman–Crippen LogP) is 3.17. The van der Waals surface area contributed by atoms with Gasteiger partial charge in [-0.05, 0) is 41.8 Å². The third kappa shape index (κ3) is 3.28. The molecule has 2 rings (SSSR count). The second kappa shape index (κ2) is 5.43. The van der Waals surface area contributed by atoms with Crippen molar-refractivity contribution < 1.29 is 4.74 Å². The van der Waals surface area contributed by atoms with Crippen LogP contribution < -0.4 is 5.32 Å². The molecule has 1 aliphatic rings. The Hall–Kier alpha value is 0.1000. The molecule has 0 saturated carbocycles. The lowest BCUT2D eigenvalue weighted by atomic mass is 10.1. The molecule has 2 unspecified atom stereocenters. The average Bonchev–Trinajstić information content (AvgIpc) is 2.84. The summed E-state index contributed by atoms with van der Waals surface area (Å²) < 4.78 is 6.82. The van der Waals surface area contributed by atoms with Gasteiger partial charge in [-0.2, -0.15) is 0 Å². The summed E-state index contributed by atoms with van der Waals surface area (Å²) in [6.07, 6.45) is 2.82. The van der Waals surface area contributed by atoms with Gasteiger partial charge in [0.05, 0.1) is 6.10 Å². The highest BCUT2D eigenvalue weighted by atomic mass is 79.9. The van der Waals surface area contributed by atoms with Gasteiger partial charge in [-0.3, -0.25) is 0 Å². The van der Waals surface area contributed by atoms with Crippen LogP contribution in [0.15, 0.2) is 15.9 Å². The summed E-state index contributed by atoms with van der Waals surface area (Å²) in [6.45, 7) is 4.08. The van der Waals surface area contributed by atoms with Crippen LogP contribution in [-0.2, 0) is 11.3 Å². The number of hydrogen-bond acceptors (Lipinski definition) is 3. The maximum atomic E-state index is 5.64. The van der Waals surface area contributed by atoms with Crippen molar-refractivity contribution in [3.8, 4) is 0 Å². The van der Waals surface area contributed by atoms with Crippen LogP contribution in [0.4, 0.5) is 0 Å². The van der Waals surface area contributed by atoms with E-state index in [1.165, 1.54) is 22.2 Å². The molecule has 1 saturated heterocycles. The molecule has 1 aromatic heterocycles. The maximum absolute atomic E-state index is 5.64. The molecule has 0 bridgehead atoms. The zero-order chi connectivity index (χ0) is 10.7. The summed E-state index contributed by atoms with van der Waals surface area (Å²) >= 11 is 5.25. The van der Waals surface area contributed by atoms with Crippen LogP contribution in [0.3, 0.4) is 0 Å². The fourth-order valence-electron chi connectivity index (χ4n) is 1.84. The first-order chi connectivity index (χ1) is 7.25. The highest BCUT2D eigenvalue weighted by Crippen LogP contribution is 2.20. The van der Waals surface area contributed by atoms with Gasteiger partial charge in [-0.15, -0.1) is 11.3 Å². The number of rotatable bonds is 4. The Balaban J connectivity index is 1.77. The minimum Gasteiger partial charge on any atom is -0.377 e. The third-order valence-corrected chi connectivity index (χ3v) is 4.44. The monoisotopic (exact) mass is 289 g/mol. The molecular weight excluding hydrogens is 274 g/mol. The van der Waals surface area contributed by atoms with E-state index in [1.807, 2.05) is 0 Å². The molecule has 15 heavy (non-hydrogen) atoms. The van der Waals surface area contributed by atoms with E-state index in [4.69, 9.17) is 4.74 Å². The summed E-state index contributed by atoms with van der Waals surface area (Å²) in [7, 11) is 0. The van der Waals surface area contributed by atoms with Crippen molar-refractivity contribution in [3.05, 3.63) is 20.8 Å². The highest BCUT2D eigenvalue weighted by molar-refractivity contribution is 9.10. The topological polar surface area (TPSA) is 21.3 Å². The SMILES string of the molecule is CC(NCc1cc(Br)cs1)C1CCCO1. The smallest absolute Gasteiger partial charge is 0.0726 e. The Labute approximate surface area is 103 Å². The van der Waals surface area contributed by atoms with E-state index >= 15 is 0 Å². The van der Waals surface area contributed by atoms with E-state index in [0.29, 0.717) is 12.1 Å². The molecule has 2 atom stereocenters. The van der Waals surface area contributed by atoms with Crippen LogP contribution in [0.5, 0.6) is 0 Å². The summed E-state index contributed by atoms with van der Waals surface area (Å²) in [6, 6.07) is 2.62. The molecule has 0 spiro atoms. The molecule has 1 aliphatic heterocycles. The van der Waals surface area contributed by atoms with Crippen LogP contribution in [0.1, 0.15) is 24.6 Å². The zero-order valence-electron chi connectivity index (χ0n) is 8.83. The van der Waals surface area contributed by atoms with Gasteiger partial charge in [0.2, 0.25) is 0 Å². The van der Waals surface area contributed by atoms with Crippen molar-refractivity contribution in [3.63, 3.8) is 0 Å². The van der Waals surface area contributed by atoms with Gasteiger partial charge in [-0.25, -0.2) is 0 Å². The van der Waals surface area contributed by atoms with Crippen molar-refractivity contribution in [1.82, 2.24) is 5.32 Å². The lowest BCUT2D eigenvalue weighted by molar-refractivity contribution is 0.0833. The first kappa shape index (κ1) is 11.6. The van der Waals surface area contributed by atoms with E-state index in [-0.39, 0.29) is 0 Å². The quantitative estimate of drug-likeness (QED) is 0.919. The molecule has 1 fully saturated rings. The summed E-state index contributed by atoms with van der Waals surface area (Å²) in [4.78, 5) is 1.37. The van der Waals surface area contributed by atoms with Gasteiger partial charge in [0, 0.05) is 33.9 Å². The van der Waals surface area contributed by atoms with Crippen LogP contribution in [-0.4, -0.2) is 18.8 Å². The van der Waals surface area contributed by atoms with E-state index in [1.54, 1.807) is 11.3 Å². The number of ether oxygens (including phenoxy) is 1. The van der Waals surface area contributed by atoms with Crippen LogP contribution in [0, 0.1) is 0 Å². The standard InChI is InChI=1S/C11H16BrNOS/c1-8(11-3-2-4-14-11)13-6-10-5-9(12)7-15-10/h5,7-8,11,13H,2-4,6H2,1H3. The van der Waals surface area contributed by atoms with Crippen molar-refractivity contribution in [2.45, 2.75) is 38.5 Å². The Kier molecular flexibility index (Phi) is 4.20. The van der Waals surface area contributed by atoms with E-state index in [2.05, 4.69) is 39.6 Å². The van der Waals surface area contributed by atoms with Gasteiger partial charge < -0.3 is 10.1 Å². The van der Waals surface area contributed by atoms with Gasteiger partial charge in [-0.1, -0.05) is 0 Å². The fourth-order valence-corrected chi connectivity index (χ4v) is 3.24. The number of thiophene rings is 1. The van der Waals surface area contributed by atoms with Gasteiger partial charge in [0.1, 0.15) is 0 Å². The zero-order valence-corrected chi connectivity index (χ0v) is 11.2. The molecule has 0 aliphatic carbocycles. The largest absolute Gasteiger partial charge is 0.377 e. The lowest BCUT2D eigenvalue weighted by Gasteiger charge is -2.19. The van der Waals surface area contributed by atoms with Crippen LogP contribution in [0.25, 0.3) is 0 Å². The van der Waals surface area contributed by atoms with Crippen molar-refractivity contribution in [2.24, 2.45) is 0 Å². The molecular formula is C11H16BrNOS. The second-order valence-electron chi connectivity index (χ2n) is 3.95. The lowest BCUT2D eigenvalue weighted by Crippen LogP contribution is -2.36. The molecule has 2 nitrogen and oxygen atoms in total. The van der Waals surface area contributed by atoms with E-state index in [0.717, 1.165) is 13.2 Å². The molecule has 84 valence electrons. The molecule has 1 N–H and O–H groups in total. The molecule has 2 heterocycles. The van der Waals surface area contributed by atoms with Gasteiger partial charge >= 0.3 is 0 Å². The maximum Gasteiger partial charge on any atom is 0.0726 e. The molecule has 0 radical (unpaired) electrons. The van der Waals surface area contributed by atoms with Crippen LogP contribution >= 0.6 is 27.3 Å². The van der Waals surface area contributed by atoms with Gasteiger partial charge in [0.25, 0.3) is 0 Å². The molecule has 0 amide bonds. The predicted molar refractivity (Wildman–Crippen MR) is 67.3 cm³/mol. The van der Waals surface area contributed by atoms with Gasteiger partial charge in [0.15, 0.2) is 0 Å². The van der Waals surface area contributed by atoms with Crippen molar-refractivity contribution in [1.29, 1.82) is 0 Å². The van der Waals surface area contributed by atoms with Crippen molar-refractivity contribution in [2.75, 3.05) is 6.61 Å². The summed E-state index contributed by atoms with van der Waals surface area (Å²) in [5.41, 5.74) is 0. The second-order valence-corrected chi connectivity index (χ2v) is 5.86. The number of hydrogen-bond donors (Lipinski definition) is 1. The normalized spacial score (nSPS) is 23.2. The third-order valence-electron chi connectivity index (χ3n) is 2.74. The first-order valence-electron chi connectivity index (χ1n) is 5.33. The summed E-state index contributed by atoms with van der Waals surface area (Å²) in [5, 5.41) is 5.64. The van der Waals surface area contributed by atoms with E-state index in [9.17, 15) is 0 Å². The minimum atomic E-state index is 0.411. The summed E-state index contributed by atoms with van der Waals surface area (Å²) in [5.74, 6) is 0. The minimum absolute atomic E-state index is 0.411. The Morgan fingerprint density at radius 1 is 1.73 bits per heavy atom. The number of halogens is 1. The molecule has 0 aromatic carbocycles. The number of nitrogens with one attached hydrogen (secondary N) is 1.